The Morgan fingerprint density at radius 1 is 0.833 bits per heavy atom. The molecule has 6 atom stereocenters. The number of carbonyl (C=O) groups is 4. The SMILES string of the molecule is COC(=O)N[C@H](C(=O)N1CC2(CC2)C[C@H]1c1nc2ccc(C#Cc3ccc(-c4cnc([C@@H]5C[C@H]6C[C@H]6N5C(=O)[C@H](NC(=O)OC)c5ccccc5)[nH]4)cc3)cc2[nH]1)C(C)C. The van der Waals surface area contributed by atoms with Crippen molar-refractivity contribution < 1.29 is 28.7 Å². The minimum atomic E-state index is -0.876. The van der Waals surface area contributed by atoms with Crippen molar-refractivity contribution in [3.05, 3.63) is 107 Å². The summed E-state index contributed by atoms with van der Waals surface area (Å²) in [5.74, 6) is 8.00. The van der Waals surface area contributed by atoms with Gasteiger partial charge in [0.05, 0.1) is 49.2 Å². The molecule has 4 aliphatic rings. The van der Waals surface area contributed by atoms with Gasteiger partial charge in [-0.05, 0) is 90.8 Å². The average molecular weight is 809 g/mol. The van der Waals surface area contributed by atoms with Gasteiger partial charge in [0.1, 0.15) is 23.7 Å². The Morgan fingerprint density at radius 2 is 1.55 bits per heavy atom. The number of imidazole rings is 2. The number of nitrogens with one attached hydrogen (secondary N) is 4. The molecule has 3 aromatic carbocycles. The van der Waals surface area contributed by atoms with Gasteiger partial charge in [0, 0.05) is 23.7 Å². The van der Waals surface area contributed by atoms with E-state index < -0.39 is 24.3 Å². The standard InChI is InChI=1S/C46H48N8O6/c1-26(2)38(51-44(57)59-3)42(55)53-25-46(18-19-46)23-37(53)41-48-32-17-14-28(20-33(32)49-41)11-10-27-12-15-29(16-13-27)34-24-47-40(50-34)36-22-31-21-35(31)54(36)43(56)39(52-45(58)60-4)30-8-6-5-7-9-30/h5-9,12-17,20,24,26,31,35-39H,18-19,21-23,25H2,1-4H3,(H,47,50)(H,48,49)(H,51,57)(H,52,58)/t31-,35-,36+,37+,38+,39-/m1/s1. The topological polar surface area (TPSA) is 175 Å². The van der Waals surface area contributed by atoms with E-state index in [1.54, 1.807) is 6.20 Å². The molecule has 4 fully saturated rings. The zero-order chi connectivity index (χ0) is 41.7. The van der Waals surface area contributed by atoms with Crippen molar-refractivity contribution in [1.29, 1.82) is 0 Å². The number of amides is 4. The molecule has 0 radical (unpaired) electrons. The van der Waals surface area contributed by atoms with Crippen LogP contribution in [0.3, 0.4) is 0 Å². The number of aromatic nitrogens is 4. The molecule has 5 aromatic rings. The quantitative estimate of drug-likeness (QED) is 0.121. The van der Waals surface area contributed by atoms with Gasteiger partial charge in [0.15, 0.2) is 0 Å². The van der Waals surface area contributed by atoms with E-state index in [0.29, 0.717) is 23.9 Å². The third kappa shape index (κ3) is 7.56. The normalized spacial score (nSPS) is 21.8. The first-order valence-electron chi connectivity index (χ1n) is 20.6. The van der Waals surface area contributed by atoms with Gasteiger partial charge in [-0.25, -0.2) is 19.6 Å². The number of H-pyrrole nitrogens is 2. The second-order valence-corrected chi connectivity index (χ2v) is 16.9. The van der Waals surface area contributed by atoms with Gasteiger partial charge in [-0.3, -0.25) is 9.59 Å². The van der Waals surface area contributed by atoms with Crippen LogP contribution in [-0.4, -0.2) is 86.6 Å². The van der Waals surface area contributed by atoms with Crippen LogP contribution in [0.5, 0.6) is 0 Å². The zero-order valence-electron chi connectivity index (χ0n) is 34.0. The molecule has 14 heteroatoms. The second-order valence-electron chi connectivity index (χ2n) is 16.9. The molecule has 14 nitrogen and oxygen atoms in total. The summed E-state index contributed by atoms with van der Waals surface area (Å²) >= 11 is 0. The molecule has 4 N–H and O–H groups in total. The highest BCUT2D eigenvalue weighted by Crippen LogP contribution is 2.58. The minimum Gasteiger partial charge on any atom is -0.453 e. The molecule has 60 heavy (non-hydrogen) atoms. The van der Waals surface area contributed by atoms with Crippen molar-refractivity contribution in [1.82, 2.24) is 40.4 Å². The number of likely N-dealkylation sites (tertiary alicyclic amines) is 2. The summed E-state index contributed by atoms with van der Waals surface area (Å²) in [4.78, 5) is 72.8. The minimum absolute atomic E-state index is 0.105. The van der Waals surface area contributed by atoms with E-state index >= 15 is 0 Å². The number of alkyl carbamates (subject to hydrolysis) is 2. The van der Waals surface area contributed by atoms with Crippen molar-refractivity contribution >= 4 is 35.0 Å². The summed E-state index contributed by atoms with van der Waals surface area (Å²) in [6.45, 7) is 4.48. The van der Waals surface area contributed by atoms with E-state index in [2.05, 4.69) is 32.4 Å². The summed E-state index contributed by atoms with van der Waals surface area (Å²) in [6.07, 6.45) is 5.23. The molecule has 0 bridgehead atoms. The lowest BCUT2D eigenvalue weighted by Gasteiger charge is -2.30. The molecule has 9 rings (SSSR count). The summed E-state index contributed by atoms with van der Waals surface area (Å²) in [5.41, 5.74) is 5.88. The van der Waals surface area contributed by atoms with E-state index in [-0.39, 0.29) is 41.3 Å². The largest absolute Gasteiger partial charge is 0.453 e. The fraction of sp³-hybridized carbons (Fsp3) is 0.391. The number of methoxy groups -OCH3 is 2. The average Bonchev–Trinajstić information content (AvgIpc) is 3.88. The van der Waals surface area contributed by atoms with Crippen LogP contribution in [0.1, 0.15) is 92.4 Å². The van der Waals surface area contributed by atoms with E-state index in [1.165, 1.54) is 14.2 Å². The molecule has 2 saturated carbocycles. The lowest BCUT2D eigenvalue weighted by Crippen LogP contribution is -2.51. The smallest absolute Gasteiger partial charge is 0.407 e. The van der Waals surface area contributed by atoms with Crippen LogP contribution in [0.4, 0.5) is 9.59 Å². The van der Waals surface area contributed by atoms with Crippen LogP contribution in [0.2, 0.25) is 0 Å². The molecule has 2 aromatic heterocycles. The molecule has 2 aliphatic carbocycles. The number of nitrogens with zero attached hydrogens (tertiary/aromatic N) is 4. The third-order valence-electron chi connectivity index (χ3n) is 12.6. The van der Waals surface area contributed by atoms with E-state index in [9.17, 15) is 19.2 Å². The Morgan fingerprint density at radius 3 is 2.27 bits per heavy atom. The van der Waals surface area contributed by atoms with Crippen LogP contribution in [0, 0.1) is 29.1 Å². The maximum Gasteiger partial charge on any atom is 0.407 e. The van der Waals surface area contributed by atoms with Gasteiger partial charge in [-0.1, -0.05) is 68.2 Å². The summed E-state index contributed by atoms with van der Waals surface area (Å²) in [6, 6.07) is 21.1. The molecule has 4 heterocycles. The fourth-order valence-electron chi connectivity index (χ4n) is 9.02. The molecule has 0 unspecified atom stereocenters. The maximum absolute atomic E-state index is 14.1. The Hall–Kier alpha value is -6.62. The highest BCUT2D eigenvalue weighted by molar-refractivity contribution is 5.88. The van der Waals surface area contributed by atoms with Crippen molar-refractivity contribution in [2.24, 2.45) is 17.3 Å². The fourth-order valence-corrected chi connectivity index (χ4v) is 9.02. The summed E-state index contributed by atoms with van der Waals surface area (Å²) in [5, 5.41) is 5.48. The van der Waals surface area contributed by atoms with Crippen LogP contribution in [-0.2, 0) is 19.1 Å². The lowest BCUT2D eigenvalue weighted by molar-refractivity contribution is -0.136. The zero-order valence-corrected chi connectivity index (χ0v) is 34.0. The first-order chi connectivity index (χ1) is 29.0. The van der Waals surface area contributed by atoms with Crippen LogP contribution >= 0.6 is 0 Å². The van der Waals surface area contributed by atoms with Crippen LogP contribution in [0.25, 0.3) is 22.3 Å². The van der Waals surface area contributed by atoms with Gasteiger partial charge in [0.2, 0.25) is 5.91 Å². The number of hydrogen-bond acceptors (Lipinski definition) is 8. The van der Waals surface area contributed by atoms with Crippen molar-refractivity contribution in [3.63, 3.8) is 0 Å². The lowest BCUT2D eigenvalue weighted by atomic mass is 10.0. The first kappa shape index (κ1) is 38.9. The molecular weight excluding hydrogens is 761 g/mol. The number of carbonyl (C=O) groups excluding carboxylic acids is 4. The van der Waals surface area contributed by atoms with Crippen molar-refractivity contribution in [3.8, 4) is 23.1 Å². The Labute approximate surface area is 347 Å². The summed E-state index contributed by atoms with van der Waals surface area (Å²) < 4.78 is 9.67. The number of benzene rings is 3. The van der Waals surface area contributed by atoms with Gasteiger partial charge < -0.3 is 39.9 Å². The van der Waals surface area contributed by atoms with Gasteiger partial charge >= 0.3 is 12.2 Å². The number of hydrogen-bond donors (Lipinski definition) is 4. The van der Waals surface area contributed by atoms with Crippen LogP contribution < -0.4 is 10.6 Å². The molecule has 2 aliphatic heterocycles. The van der Waals surface area contributed by atoms with Gasteiger partial charge in [-0.2, -0.15) is 0 Å². The van der Waals surface area contributed by atoms with Gasteiger partial charge in [0.25, 0.3) is 5.91 Å². The van der Waals surface area contributed by atoms with E-state index in [0.717, 1.165) is 71.3 Å². The highest BCUT2D eigenvalue weighted by Gasteiger charge is 2.57. The molecular formula is C46H48N8O6. The van der Waals surface area contributed by atoms with Gasteiger partial charge in [-0.15, -0.1) is 0 Å². The monoisotopic (exact) mass is 808 g/mol. The predicted molar refractivity (Wildman–Crippen MR) is 222 cm³/mol. The van der Waals surface area contributed by atoms with Crippen molar-refractivity contribution in [2.75, 3.05) is 20.8 Å². The number of ether oxygens (including phenoxy) is 2. The molecule has 308 valence electrons. The number of rotatable bonds is 9. The highest BCUT2D eigenvalue weighted by atomic mass is 16.5. The van der Waals surface area contributed by atoms with Crippen molar-refractivity contribution in [2.45, 2.75) is 76.2 Å². The Balaban J connectivity index is 0.886. The number of piperidine rings is 1. The number of fused-ring (bicyclic) bond motifs is 2. The first-order valence-corrected chi connectivity index (χ1v) is 20.6. The van der Waals surface area contributed by atoms with E-state index in [1.807, 2.05) is 96.4 Å². The molecule has 1 spiro atoms. The number of aromatic amines is 2. The Bertz CT molecular complexity index is 2520. The summed E-state index contributed by atoms with van der Waals surface area (Å²) in [7, 11) is 2.59. The second kappa shape index (κ2) is 15.5. The third-order valence-corrected chi connectivity index (χ3v) is 12.6. The molecule has 4 amide bonds. The Kier molecular flexibility index (Phi) is 10.1. The van der Waals surface area contributed by atoms with Crippen LogP contribution in [0.15, 0.2) is 79.0 Å². The predicted octanol–water partition coefficient (Wildman–Crippen LogP) is 6.55. The molecule has 2 saturated heterocycles. The maximum atomic E-state index is 14.1. The van der Waals surface area contributed by atoms with E-state index in [4.69, 9.17) is 19.4 Å².